The average molecular weight is 405 g/mol. The van der Waals surface area contributed by atoms with E-state index in [1.54, 1.807) is 12.1 Å². The van der Waals surface area contributed by atoms with Crippen LogP contribution in [0.15, 0.2) is 116 Å². The van der Waals surface area contributed by atoms with Crippen molar-refractivity contribution in [3.05, 3.63) is 121 Å². The number of hydrogen-bond acceptors (Lipinski definition) is 3. The fourth-order valence-electron chi connectivity index (χ4n) is 3.40. The summed E-state index contributed by atoms with van der Waals surface area (Å²) in [5.74, 6) is 0.0107. The zero-order valence-corrected chi connectivity index (χ0v) is 17.4. The van der Waals surface area contributed by atoms with Crippen molar-refractivity contribution >= 4 is 23.0 Å². The molecule has 0 spiro atoms. The molecule has 0 N–H and O–H groups in total. The minimum absolute atomic E-state index is 0.473. The molecule has 4 aromatic carbocycles. The monoisotopic (exact) mass is 405 g/mol. The number of rotatable bonds is 6. The van der Waals surface area contributed by atoms with Crippen LogP contribution in [0.3, 0.4) is 0 Å². The van der Waals surface area contributed by atoms with Gasteiger partial charge in [0.25, 0.3) is 0 Å². The second kappa shape index (κ2) is 9.14. The third kappa shape index (κ3) is 4.73. The molecular formula is C28H23NO2. The molecule has 0 heterocycles. The molecule has 31 heavy (non-hydrogen) atoms. The van der Waals surface area contributed by atoms with Gasteiger partial charge in [-0.15, -0.1) is 0 Å². The van der Waals surface area contributed by atoms with Crippen LogP contribution in [0.25, 0.3) is 11.1 Å². The first-order chi connectivity index (χ1) is 15.1. The van der Waals surface area contributed by atoms with E-state index in [4.69, 9.17) is 4.74 Å². The highest BCUT2D eigenvalue weighted by Gasteiger charge is 2.13. The second-order valence-electron chi connectivity index (χ2n) is 7.20. The molecule has 3 heteroatoms. The number of esters is 1. The number of benzene rings is 4. The first kappa shape index (κ1) is 20.2. The molecule has 0 saturated heterocycles. The Morgan fingerprint density at radius 3 is 1.74 bits per heavy atom. The molecule has 0 aliphatic rings. The van der Waals surface area contributed by atoms with Crippen LogP contribution >= 0.6 is 0 Å². The summed E-state index contributed by atoms with van der Waals surface area (Å²) < 4.78 is 5.21. The topological polar surface area (TPSA) is 29.5 Å². The van der Waals surface area contributed by atoms with Gasteiger partial charge in [0.05, 0.1) is 0 Å². The van der Waals surface area contributed by atoms with Crippen molar-refractivity contribution in [1.29, 1.82) is 0 Å². The van der Waals surface area contributed by atoms with Crippen LogP contribution in [0.5, 0.6) is 5.75 Å². The smallest absolute Gasteiger partial charge is 0.335 e. The molecule has 0 unspecified atom stereocenters. The number of anilines is 3. The molecule has 0 aliphatic heterocycles. The van der Waals surface area contributed by atoms with Crippen LogP contribution in [-0.4, -0.2) is 5.97 Å². The third-order valence-corrected chi connectivity index (χ3v) is 5.00. The van der Waals surface area contributed by atoms with Crippen molar-refractivity contribution < 1.29 is 9.53 Å². The standard InChI is InChI=1S/C28H23NO2/c1-3-28(30)31-27-19-17-26(18-20-27)29(24-13-9-21(2)10-14-24)25-15-11-23(12-16-25)22-7-5-4-6-8-22/h3-20H,1H2,2H3. The van der Waals surface area contributed by atoms with Gasteiger partial charge in [-0.25, -0.2) is 4.79 Å². The van der Waals surface area contributed by atoms with Crippen LogP contribution in [0.4, 0.5) is 17.1 Å². The summed E-state index contributed by atoms with van der Waals surface area (Å²) in [6.45, 7) is 5.51. The Kier molecular flexibility index (Phi) is 5.95. The third-order valence-electron chi connectivity index (χ3n) is 5.00. The van der Waals surface area contributed by atoms with E-state index < -0.39 is 5.97 Å². The maximum atomic E-state index is 11.5. The van der Waals surface area contributed by atoms with Crippen molar-refractivity contribution in [3.63, 3.8) is 0 Å². The number of hydrogen-bond donors (Lipinski definition) is 0. The normalized spacial score (nSPS) is 10.4. The van der Waals surface area contributed by atoms with E-state index in [0.29, 0.717) is 5.75 Å². The van der Waals surface area contributed by atoms with E-state index in [1.807, 2.05) is 30.3 Å². The molecule has 0 amide bonds. The molecule has 0 radical (unpaired) electrons. The molecule has 0 fully saturated rings. The van der Waals surface area contributed by atoms with Crippen LogP contribution in [0.2, 0.25) is 0 Å². The molecule has 0 aliphatic carbocycles. The van der Waals surface area contributed by atoms with E-state index in [-0.39, 0.29) is 0 Å². The predicted molar refractivity (Wildman–Crippen MR) is 127 cm³/mol. The van der Waals surface area contributed by atoms with E-state index in [0.717, 1.165) is 23.1 Å². The van der Waals surface area contributed by atoms with Crippen molar-refractivity contribution in [2.24, 2.45) is 0 Å². The van der Waals surface area contributed by atoms with Gasteiger partial charge in [0.15, 0.2) is 0 Å². The summed E-state index contributed by atoms with van der Waals surface area (Å²) in [5.41, 5.74) is 6.61. The molecule has 4 rings (SSSR count). The van der Waals surface area contributed by atoms with E-state index in [2.05, 4.69) is 79.1 Å². The molecule has 0 aromatic heterocycles. The molecular weight excluding hydrogens is 382 g/mol. The van der Waals surface area contributed by atoms with Gasteiger partial charge in [-0.3, -0.25) is 0 Å². The van der Waals surface area contributed by atoms with E-state index >= 15 is 0 Å². The first-order valence-electron chi connectivity index (χ1n) is 10.1. The van der Waals surface area contributed by atoms with Gasteiger partial charge in [0.2, 0.25) is 0 Å². The number of ether oxygens (including phenoxy) is 1. The Hall–Kier alpha value is -4.11. The van der Waals surface area contributed by atoms with Gasteiger partial charge in [-0.1, -0.05) is 66.7 Å². The number of aryl methyl sites for hydroxylation is 1. The van der Waals surface area contributed by atoms with Gasteiger partial charge in [0, 0.05) is 23.1 Å². The van der Waals surface area contributed by atoms with Gasteiger partial charge in [-0.2, -0.15) is 0 Å². The van der Waals surface area contributed by atoms with Gasteiger partial charge in [-0.05, 0) is 66.6 Å². The van der Waals surface area contributed by atoms with Crippen LogP contribution in [0.1, 0.15) is 5.56 Å². The lowest BCUT2D eigenvalue weighted by atomic mass is 10.0. The Labute approximate surface area is 182 Å². The predicted octanol–water partition coefficient (Wildman–Crippen LogP) is 7.22. The van der Waals surface area contributed by atoms with Crippen molar-refractivity contribution in [1.82, 2.24) is 0 Å². The van der Waals surface area contributed by atoms with Crippen LogP contribution < -0.4 is 9.64 Å². The molecule has 0 saturated carbocycles. The summed E-state index contributed by atoms with van der Waals surface area (Å²) in [5, 5.41) is 0. The minimum Gasteiger partial charge on any atom is -0.423 e. The van der Waals surface area contributed by atoms with E-state index in [1.165, 1.54) is 16.7 Å². The second-order valence-corrected chi connectivity index (χ2v) is 7.20. The zero-order valence-electron chi connectivity index (χ0n) is 17.4. The summed E-state index contributed by atoms with van der Waals surface area (Å²) in [7, 11) is 0. The molecule has 152 valence electrons. The quantitative estimate of drug-likeness (QED) is 0.193. The lowest BCUT2D eigenvalue weighted by Gasteiger charge is -2.26. The van der Waals surface area contributed by atoms with Crippen molar-refractivity contribution in [3.8, 4) is 16.9 Å². The lowest BCUT2D eigenvalue weighted by Crippen LogP contribution is -2.10. The van der Waals surface area contributed by atoms with Crippen LogP contribution in [-0.2, 0) is 4.79 Å². The fourth-order valence-corrected chi connectivity index (χ4v) is 3.40. The molecule has 4 aromatic rings. The first-order valence-corrected chi connectivity index (χ1v) is 10.1. The molecule has 3 nitrogen and oxygen atoms in total. The molecule has 0 atom stereocenters. The number of carbonyl (C=O) groups excluding carboxylic acids is 1. The fraction of sp³-hybridized carbons (Fsp3) is 0.0357. The largest absolute Gasteiger partial charge is 0.423 e. The Morgan fingerprint density at radius 2 is 1.19 bits per heavy atom. The Balaban J connectivity index is 1.70. The van der Waals surface area contributed by atoms with Gasteiger partial charge < -0.3 is 9.64 Å². The Bertz CT molecular complexity index is 1160. The SMILES string of the molecule is C=CC(=O)Oc1ccc(N(c2ccc(C)cc2)c2ccc(-c3ccccc3)cc2)cc1. The number of nitrogens with zero attached hydrogens (tertiary/aromatic N) is 1. The molecule has 0 bridgehead atoms. The van der Waals surface area contributed by atoms with Crippen molar-refractivity contribution in [2.45, 2.75) is 6.92 Å². The van der Waals surface area contributed by atoms with Crippen LogP contribution in [0, 0.1) is 6.92 Å². The maximum absolute atomic E-state index is 11.5. The summed E-state index contributed by atoms with van der Waals surface area (Å²) in [6.07, 6.45) is 1.15. The van der Waals surface area contributed by atoms with Gasteiger partial charge in [0.1, 0.15) is 5.75 Å². The maximum Gasteiger partial charge on any atom is 0.335 e. The Morgan fingerprint density at radius 1 is 0.710 bits per heavy atom. The summed E-state index contributed by atoms with van der Waals surface area (Å²) >= 11 is 0. The zero-order chi connectivity index (χ0) is 21.6. The van der Waals surface area contributed by atoms with E-state index in [9.17, 15) is 4.79 Å². The average Bonchev–Trinajstić information content (AvgIpc) is 2.82. The van der Waals surface area contributed by atoms with Gasteiger partial charge >= 0.3 is 5.97 Å². The highest BCUT2D eigenvalue weighted by molar-refractivity contribution is 5.84. The highest BCUT2D eigenvalue weighted by atomic mass is 16.5. The van der Waals surface area contributed by atoms with Crippen molar-refractivity contribution in [2.75, 3.05) is 4.90 Å². The number of carbonyl (C=O) groups is 1. The summed E-state index contributed by atoms with van der Waals surface area (Å²) in [6, 6.07) is 34.7. The highest BCUT2D eigenvalue weighted by Crippen LogP contribution is 2.36. The summed E-state index contributed by atoms with van der Waals surface area (Å²) in [4.78, 5) is 13.6. The minimum atomic E-state index is -0.473. The lowest BCUT2D eigenvalue weighted by molar-refractivity contribution is -0.128.